The van der Waals surface area contributed by atoms with Gasteiger partial charge in [0.1, 0.15) is 11.3 Å². The molecule has 3 heterocycles. The number of esters is 1. The maximum Gasteiger partial charge on any atom is 0.355 e. The molecule has 0 amide bonds. The number of carbonyl (C=O) groups excluding carboxylic acids is 1. The molecule has 1 aliphatic heterocycles. The van der Waals surface area contributed by atoms with Gasteiger partial charge in [-0.2, -0.15) is 0 Å². The Labute approximate surface area is 178 Å². The molecule has 0 unspecified atom stereocenters. The summed E-state index contributed by atoms with van der Waals surface area (Å²) in [5.41, 5.74) is 5.86. The van der Waals surface area contributed by atoms with E-state index in [1.165, 1.54) is 5.57 Å². The molecular formula is C24H32N4O2. The predicted molar refractivity (Wildman–Crippen MR) is 122 cm³/mol. The number of aromatic amines is 2. The van der Waals surface area contributed by atoms with E-state index in [0.717, 1.165) is 47.7 Å². The fraction of sp³-hybridized carbons (Fsp3) is 0.417. The van der Waals surface area contributed by atoms with Crippen molar-refractivity contribution < 1.29 is 9.53 Å². The Morgan fingerprint density at radius 3 is 2.70 bits per heavy atom. The van der Waals surface area contributed by atoms with Crippen LogP contribution in [0.25, 0.3) is 6.08 Å². The summed E-state index contributed by atoms with van der Waals surface area (Å²) in [6.07, 6.45) is 8.08. The van der Waals surface area contributed by atoms with Gasteiger partial charge in [0.15, 0.2) is 0 Å². The Kier molecular flexibility index (Phi) is 6.46. The minimum atomic E-state index is -0.530. The van der Waals surface area contributed by atoms with Crippen molar-refractivity contribution in [2.45, 2.75) is 46.1 Å². The third-order valence-corrected chi connectivity index (χ3v) is 4.76. The quantitative estimate of drug-likeness (QED) is 0.651. The number of carbonyl (C=O) groups is 1. The SMILES string of the molecule is Cc1cc(C(=O)OC(C)(C)C)[nH]c1C=C1N=C(c2ccc[nH]2)C=C1CCCN(C)C. The van der Waals surface area contributed by atoms with Crippen LogP contribution in [0.1, 0.15) is 61.1 Å². The van der Waals surface area contributed by atoms with Crippen LogP contribution in [0.2, 0.25) is 0 Å². The van der Waals surface area contributed by atoms with E-state index in [2.05, 4.69) is 35.0 Å². The highest BCUT2D eigenvalue weighted by Gasteiger charge is 2.21. The zero-order chi connectivity index (χ0) is 21.9. The number of hydrogen-bond donors (Lipinski definition) is 2. The number of ether oxygens (including phenoxy) is 1. The van der Waals surface area contributed by atoms with Crippen molar-refractivity contribution in [1.82, 2.24) is 14.9 Å². The molecule has 6 heteroatoms. The van der Waals surface area contributed by atoms with Gasteiger partial charge in [-0.05, 0) is 103 Å². The third kappa shape index (κ3) is 5.60. The van der Waals surface area contributed by atoms with E-state index in [9.17, 15) is 4.79 Å². The molecule has 0 radical (unpaired) electrons. The number of rotatable bonds is 7. The van der Waals surface area contributed by atoms with Crippen molar-refractivity contribution in [2.75, 3.05) is 20.6 Å². The van der Waals surface area contributed by atoms with Gasteiger partial charge in [0, 0.05) is 11.9 Å². The molecule has 0 saturated carbocycles. The normalized spacial score (nSPS) is 15.6. The monoisotopic (exact) mass is 408 g/mol. The van der Waals surface area contributed by atoms with Crippen molar-refractivity contribution in [2.24, 2.45) is 4.99 Å². The molecule has 2 N–H and O–H groups in total. The van der Waals surface area contributed by atoms with E-state index in [0.29, 0.717) is 5.69 Å². The second kappa shape index (κ2) is 8.88. The highest BCUT2D eigenvalue weighted by Crippen LogP contribution is 2.28. The highest BCUT2D eigenvalue weighted by molar-refractivity contribution is 6.11. The number of aliphatic imine (C=N–C) groups is 1. The molecule has 2 aromatic heterocycles. The number of nitrogens with one attached hydrogen (secondary N) is 2. The van der Waals surface area contributed by atoms with Crippen LogP contribution in [0.5, 0.6) is 0 Å². The van der Waals surface area contributed by atoms with E-state index < -0.39 is 5.60 Å². The molecular weight excluding hydrogens is 376 g/mol. The predicted octanol–water partition coefficient (Wildman–Crippen LogP) is 4.72. The zero-order valence-electron chi connectivity index (χ0n) is 18.8. The third-order valence-electron chi connectivity index (χ3n) is 4.76. The molecule has 3 rings (SSSR count). The summed E-state index contributed by atoms with van der Waals surface area (Å²) in [7, 11) is 4.17. The fourth-order valence-electron chi connectivity index (χ4n) is 3.32. The molecule has 6 nitrogen and oxygen atoms in total. The Hall–Kier alpha value is -2.86. The lowest BCUT2D eigenvalue weighted by Crippen LogP contribution is -2.24. The standard InChI is InChI=1S/C24H32N4O2/c1-16-13-22(23(29)30-24(2,3)4)26-19(16)15-20-17(9-8-12-28(5)6)14-21(27-20)18-10-7-11-25-18/h7,10-11,13-15,25-26H,8-9,12H2,1-6H3. The van der Waals surface area contributed by atoms with Gasteiger partial charge in [0.2, 0.25) is 0 Å². The van der Waals surface area contributed by atoms with Crippen LogP contribution in [0.3, 0.4) is 0 Å². The first-order chi connectivity index (χ1) is 14.1. The molecule has 30 heavy (non-hydrogen) atoms. The summed E-state index contributed by atoms with van der Waals surface area (Å²) in [5.74, 6) is -0.348. The fourth-order valence-corrected chi connectivity index (χ4v) is 3.32. The van der Waals surface area contributed by atoms with Gasteiger partial charge < -0.3 is 19.6 Å². The molecule has 0 aliphatic carbocycles. The molecule has 1 aliphatic rings. The van der Waals surface area contributed by atoms with Crippen LogP contribution in [0.15, 0.2) is 46.7 Å². The minimum Gasteiger partial charge on any atom is -0.455 e. The molecule has 2 aromatic rings. The number of aromatic nitrogens is 2. The van der Waals surface area contributed by atoms with Gasteiger partial charge in [-0.25, -0.2) is 9.79 Å². The van der Waals surface area contributed by atoms with Gasteiger partial charge in [-0.15, -0.1) is 0 Å². The van der Waals surface area contributed by atoms with E-state index in [1.54, 1.807) is 0 Å². The van der Waals surface area contributed by atoms with Crippen molar-refractivity contribution in [1.29, 1.82) is 0 Å². The first-order valence-corrected chi connectivity index (χ1v) is 10.3. The average molecular weight is 409 g/mol. The van der Waals surface area contributed by atoms with Crippen molar-refractivity contribution in [3.63, 3.8) is 0 Å². The maximum atomic E-state index is 12.4. The summed E-state index contributed by atoms with van der Waals surface area (Å²) in [6, 6.07) is 5.83. The first kappa shape index (κ1) is 21.8. The topological polar surface area (TPSA) is 73.5 Å². The van der Waals surface area contributed by atoms with Crippen molar-refractivity contribution in [3.8, 4) is 0 Å². The van der Waals surface area contributed by atoms with Crippen LogP contribution in [0.4, 0.5) is 0 Å². The van der Waals surface area contributed by atoms with Gasteiger partial charge in [0.05, 0.1) is 17.1 Å². The summed E-state index contributed by atoms with van der Waals surface area (Å²) < 4.78 is 5.49. The average Bonchev–Trinajstić information content (AvgIpc) is 3.35. The molecule has 0 saturated heterocycles. The Balaban J connectivity index is 1.87. The molecule has 0 atom stereocenters. The second-order valence-electron chi connectivity index (χ2n) is 8.97. The van der Waals surface area contributed by atoms with Crippen LogP contribution >= 0.6 is 0 Å². The van der Waals surface area contributed by atoms with E-state index in [4.69, 9.17) is 9.73 Å². The molecule has 0 spiro atoms. The second-order valence-corrected chi connectivity index (χ2v) is 8.97. The van der Waals surface area contributed by atoms with Crippen LogP contribution in [-0.2, 0) is 4.74 Å². The Morgan fingerprint density at radius 1 is 1.30 bits per heavy atom. The first-order valence-electron chi connectivity index (χ1n) is 10.3. The summed E-state index contributed by atoms with van der Waals surface area (Å²) in [4.78, 5) is 25.9. The van der Waals surface area contributed by atoms with E-state index >= 15 is 0 Å². The van der Waals surface area contributed by atoms with E-state index in [1.807, 2.05) is 58.2 Å². The Morgan fingerprint density at radius 2 is 2.07 bits per heavy atom. The van der Waals surface area contributed by atoms with Crippen LogP contribution in [-0.4, -0.2) is 52.8 Å². The summed E-state index contributed by atoms with van der Waals surface area (Å²) >= 11 is 0. The number of allylic oxidation sites excluding steroid dienone is 2. The van der Waals surface area contributed by atoms with Crippen molar-refractivity contribution >= 4 is 17.8 Å². The lowest BCUT2D eigenvalue weighted by Gasteiger charge is -2.18. The molecule has 0 fully saturated rings. The maximum absolute atomic E-state index is 12.4. The number of hydrogen-bond acceptors (Lipinski definition) is 4. The van der Waals surface area contributed by atoms with Crippen molar-refractivity contribution in [3.05, 3.63) is 64.4 Å². The largest absolute Gasteiger partial charge is 0.455 e. The number of nitrogens with zero attached hydrogens (tertiary/aromatic N) is 2. The minimum absolute atomic E-state index is 0.348. The molecule has 0 bridgehead atoms. The Bertz CT molecular complexity index is 983. The van der Waals surface area contributed by atoms with Crippen LogP contribution in [0, 0.1) is 6.92 Å². The van der Waals surface area contributed by atoms with Gasteiger partial charge in [-0.3, -0.25) is 0 Å². The van der Waals surface area contributed by atoms with Gasteiger partial charge in [-0.1, -0.05) is 0 Å². The van der Waals surface area contributed by atoms with Gasteiger partial charge in [0.25, 0.3) is 0 Å². The smallest absolute Gasteiger partial charge is 0.355 e. The number of aryl methyl sites for hydroxylation is 1. The van der Waals surface area contributed by atoms with Gasteiger partial charge >= 0.3 is 5.97 Å². The lowest BCUT2D eigenvalue weighted by molar-refractivity contribution is 0.00635. The summed E-state index contributed by atoms with van der Waals surface area (Å²) in [6.45, 7) is 8.60. The lowest BCUT2D eigenvalue weighted by atomic mass is 10.1. The highest BCUT2D eigenvalue weighted by atomic mass is 16.6. The van der Waals surface area contributed by atoms with E-state index in [-0.39, 0.29) is 5.97 Å². The zero-order valence-corrected chi connectivity index (χ0v) is 18.8. The molecule has 160 valence electrons. The molecule has 0 aromatic carbocycles. The van der Waals surface area contributed by atoms with Crippen LogP contribution < -0.4 is 0 Å². The summed E-state index contributed by atoms with van der Waals surface area (Å²) in [5, 5.41) is 0. The number of H-pyrrole nitrogens is 2.